The molecule has 3 rings (SSSR count). The van der Waals surface area contributed by atoms with Crippen LogP contribution in [0.1, 0.15) is 28.0 Å². The third kappa shape index (κ3) is 4.62. The number of amides is 1. The van der Waals surface area contributed by atoms with Crippen LogP contribution in [0.25, 0.3) is 0 Å². The summed E-state index contributed by atoms with van der Waals surface area (Å²) in [7, 11) is 0. The fourth-order valence-corrected chi connectivity index (χ4v) is 3.19. The first-order valence-corrected chi connectivity index (χ1v) is 8.90. The monoisotopic (exact) mass is 369 g/mol. The normalized spacial score (nSPS) is 16.8. The second-order valence-corrected chi connectivity index (χ2v) is 6.48. The molecule has 1 aliphatic rings. The molecular formula is C20H23N3O4. The van der Waals surface area contributed by atoms with Gasteiger partial charge in [-0.15, -0.1) is 0 Å². The zero-order valence-corrected chi connectivity index (χ0v) is 15.2. The number of aromatic nitrogens is 1. The Kier molecular flexibility index (Phi) is 6.03. The maximum atomic E-state index is 13.1. The quantitative estimate of drug-likeness (QED) is 0.812. The Labute approximate surface area is 158 Å². The van der Waals surface area contributed by atoms with Gasteiger partial charge < -0.3 is 20.1 Å². The van der Waals surface area contributed by atoms with Gasteiger partial charge in [0.05, 0.1) is 37.9 Å². The van der Waals surface area contributed by atoms with Crippen molar-refractivity contribution in [3.63, 3.8) is 0 Å². The van der Waals surface area contributed by atoms with E-state index < -0.39 is 12.0 Å². The molecule has 0 radical (unpaired) electrons. The number of rotatable bonds is 6. The van der Waals surface area contributed by atoms with E-state index in [1.165, 1.54) is 0 Å². The molecule has 2 aromatic rings. The van der Waals surface area contributed by atoms with Crippen LogP contribution in [-0.2, 0) is 16.1 Å². The second-order valence-electron chi connectivity index (χ2n) is 6.48. The van der Waals surface area contributed by atoms with Gasteiger partial charge in [-0.3, -0.25) is 14.6 Å². The number of nitrogens with one attached hydrogen (secondary N) is 1. The van der Waals surface area contributed by atoms with E-state index in [1.807, 2.05) is 37.3 Å². The third-order valence-corrected chi connectivity index (χ3v) is 4.65. The largest absolute Gasteiger partial charge is 0.481 e. The predicted octanol–water partition coefficient (Wildman–Crippen LogP) is 2.32. The highest BCUT2D eigenvalue weighted by Crippen LogP contribution is 2.23. The Morgan fingerprint density at radius 3 is 2.89 bits per heavy atom. The van der Waals surface area contributed by atoms with Gasteiger partial charge >= 0.3 is 5.97 Å². The van der Waals surface area contributed by atoms with E-state index >= 15 is 0 Å². The first kappa shape index (κ1) is 18.8. The van der Waals surface area contributed by atoms with Gasteiger partial charge in [-0.2, -0.15) is 0 Å². The number of hydrogen-bond acceptors (Lipinski definition) is 5. The number of ether oxygens (including phenoxy) is 1. The van der Waals surface area contributed by atoms with Crippen LogP contribution in [0.3, 0.4) is 0 Å². The summed E-state index contributed by atoms with van der Waals surface area (Å²) in [5, 5.41) is 12.4. The summed E-state index contributed by atoms with van der Waals surface area (Å²) in [5.41, 5.74) is 3.16. The first-order valence-electron chi connectivity index (χ1n) is 8.90. The molecule has 1 amide bonds. The van der Waals surface area contributed by atoms with Crippen LogP contribution in [0.5, 0.6) is 0 Å². The molecule has 7 nitrogen and oxygen atoms in total. The molecule has 7 heteroatoms. The number of carbonyl (C=O) groups excluding carboxylic acids is 1. The molecule has 1 aromatic carbocycles. The Hall–Kier alpha value is -2.93. The second kappa shape index (κ2) is 8.64. The number of pyridine rings is 1. The van der Waals surface area contributed by atoms with Crippen molar-refractivity contribution in [2.24, 2.45) is 0 Å². The molecular weight excluding hydrogens is 346 g/mol. The number of benzene rings is 1. The van der Waals surface area contributed by atoms with E-state index in [2.05, 4.69) is 10.3 Å². The number of carbonyl (C=O) groups is 2. The first-order chi connectivity index (χ1) is 13.1. The minimum atomic E-state index is -0.939. The van der Waals surface area contributed by atoms with Gasteiger partial charge in [0.2, 0.25) is 0 Å². The highest BCUT2D eigenvalue weighted by molar-refractivity contribution is 5.97. The average molecular weight is 369 g/mol. The molecule has 1 fully saturated rings. The lowest BCUT2D eigenvalue weighted by Gasteiger charge is -2.35. The number of morpholine rings is 1. The topological polar surface area (TPSA) is 91.8 Å². The summed E-state index contributed by atoms with van der Waals surface area (Å²) >= 11 is 0. The van der Waals surface area contributed by atoms with Crippen LogP contribution in [-0.4, -0.2) is 52.7 Å². The fraction of sp³-hybridized carbons (Fsp3) is 0.350. The SMILES string of the molecule is Cc1c(NCc2ccccn2)cccc1C(=O)N1CCOC[C@H]1CC(=O)O. The van der Waals surface area contributed by atoms with Crippen LogP contribution in [0.15, 0.2) is 42.6 Å². The highest BCUT2D eigenvalue weighted by atomic mass is 16.5. The molecule has 142 valence electrons. The summed E-state index contributed by atoms with van der Waals surface area (Å²) in [6, 6.07) is 10.8. The molecule has 27 heavy (non-hydrogen) atoms. The predicted molar refractivity (Wildman–Crippen MR) is 101 cm³/mol. The van der Waals surface area contributed by atoms with Crippen molar-refractivity contribution >= 4 is 17.6 Å². The molecule has 2 N–H and O–H groups in total. The summed E-state index contributed by atoms with van der Waals surface area (Å²) in [6.07, 6.45) is 1.62. The average Bonchev–Trinajstić information content (AvgIpc) is 2.67. The molecule has 0 spiro atoms. The van der Waals surface area contributed by atoms with Crippen molar-refractivity contribution in [1.82, 2.24) is 9.88 Å². The van der Waals surface area contributed by atoms with Gasteiger partial charge in [-0.05, 0) is 36.8 Å². The van der Waals surface area contributed by atoms with E-state index in [1.54, 1.807) is 17.2 Å². The van der Waals surface area contributed by atoms with Crippen LogP contribution in [0.2, 0.25) is 0 Å². The molecule has 2 heterocycles. The number of hydrogen-bond donors (Lipinski definition) is 2. The molecule has 0 bridgehead atoms. The lowest BCUT2D eigenvalue weighted by Crippen LogP contribution is -2.49. The van der Waals surface area contributed by atoms with Gasteiger partial charge in [0.25, 0.3) is 5.91 Å². The molecule has 1 saturated heterocycles. The molecule has 1 aromatic heterocycles. The van der Waals surface area contributed by atoms with E-state index in [0.29, 0.717) is 25.3 Å². The van der Waals surface area contributed by atoms with Gasteiger partial charge in [0.15, 0.2) is 0 Å². The van der Waals surface area contributed by atoms with Crippen LogP contribution < -0.4 is 5.32 Å². The number of aliphatic carboxylic acids is 1. The molecule has 0 aliphatic carbocycles. The molecule has 0 unspecified atom stereocenters. The van der Waals surface area contributed by atoms with Crippen molar-refractivity contribution in [2.75, 3.05) is 25.1 Å². The van der Waals surface area contributed by atoms with E-state index in [4.69, 9.17) is 9.84 Å². The van der Waals surface area contributed by atoms with Crippen molar-refractivity contribution in [2.45, 2.75) is 25.9 Å². The summed E-state index contributed by atoms with van der Waals surface area (Å²) in [5.74, 6) is -1.10. The number of anilines is 1. The third-order valence-electron chi connectivity index (χ3n) is 4.65. The maximum absolute atomic E-state index is 13.1. The fourth-order valence-electron chi connectivity index (χ4n) is 3.19. The van der Waals surface area contributed by atoms with Crippen molar-refractivity contribution in [3.8, 4) is 0 Å². The van der Waals surface area contributed by atoms with Crippen molar-refractivity contribution in [3.05, 3.63) is 59.4 Å². The van der Waals surface area contributed by atoms with Gasteiger partial charge in [0.1, 0.15) is 0 Å². The van der Waals surface area contributed by atoms with Crippen LogP contribution in [0.4, 0.5) is 5.69 Å². The standard InChI is InChI=1S/C20H23N3O4/c1-14-17(20(26)23-9-10-27-13-16(23)11-19(24)25)6-4-7-18(14)22-12-15-5-2-3-8-21-15/h2-8,16,22H,9-13H2,1H3,(H,24,25)/t16-/m1/s1. The zero-order valence-electron chi connectivity index (χ0n) is 15.2. The smallest absolute Gasteiger partial charge is 0.305 e. The Morgan fingerprint density at radius 1 is 1.30 bits per heavy atom. The summed E-state index contributed by atoms with van der Waals surface area (Å²) < 4.78 is 5.36. The van der Waals surface area contributed by atoms with Gasteiger partial charge in [-0.1, -0.05) is 12.1 Å². The summed E-state index contributed by atoms with van der Waals surface area (Å²) in [6.45, 7) is 3.49. The molecule has 1 aliphatic heterocycles. The maximum Gasteiger partial charge on any atom is 0.305 e. The minimum absolute atomic E-state index is 0.123. The Balaban J connectivity index is 1.77. The Morgan fingerprint density at radius 2 is 2.15 bits per heavy atom. The number of carboxylic acid groups (broad SMARTS) is 1. The van der Waals surface area contributed by atoms with E-state index in [9.17, 15) is 9.59 Å². The van der Waals surface area contributed by atoms with E-state index in [-0.39, 0.29) is 18.9 Å². The zero-order chi connectivity index (χ0) is 19.2. The highest BCUT2D eigenvalue weighted by Gasteiger charge is 2.30. The van der Waals surface area contributed by atoms with Crippen molar-refractivity contribution in [1.29, 1.82) is 0 Å². The molecule has 1 atom stereocenters. The van der Waals surface area contributed by atoms with E-state index in [0.717, 1.165) is 16.9 Å². The number of nitrogens with zero attached hydrogens (tertiary/aromatic N) is 2. The van der Waals surface area contributed by atoms with Crippen LogP contribution in [0, 0.1) is 6.92 Å². The summed E-state index contributed by atoms with van der Waals surface area (Å²) in [4.78, 5) is 30.1. The van der Waals surface area contributed by atoms with Crippen LogP contribution >= 0.6 is 0 Å². The van der Waals surface area contributed by atoms with Crippen molar-refractivity contribution < 1.29 is 19.4 Å². The minimum Gasteiger partial charge on any atom is -0.481 e. The Bertz CT molecular complexity index is 810. The lowest BCUT2D eigenvalue weighted by molar-refractivity contribution is -0.139. The molecule has 0 saturated carbocycles. The van der Waals surface area contributed by atoms with Gasteiger partial charge in [-0.25, -0.2) is 0 Å². The van der Waals surface area contributed by atoms with Gasteiger partial charge in [0, 0.05) is 24.0 Å². The number of carboxylic acids is 1. The lowest BCUT2D eigenvalue weighted by atomic mass is 10.0.